The summed E-state index contributed by atoms with van der Waals surface area (Å²) in [5, 5.41) is 0.542. The third kappa shape index (κ3) is 2.73. The Morgan fingerprint density at radius 3 is 2.68 bits per heavy atom. The van der Waals surface area contributed by atoms with Crippen LogP contribution in [0.3, 0.4) is 0 Å². The molecule has 0 spiro atoms. The second kappa shape index (κ2) is 6.03. The number of benzene rings is 2. The topological polar surface area (TPSA) is 56.5 Å². The molecule has 3 aromatic rings. The molecular formula is C17H11ClO4. The van der Waals surface area contributed by atoms with Crippen LogP contribution in [0, 0.1) is 0 Å². The quantitative estimate of drug-likeness (QED) is 0.687. The van der Waals surface area contributed by atoms with E-state index < -0.39 is 5.43 Å². The zero-order chi connectivity index (χ0) is 15.5. The maximum absolute atomic E-state index is 12.0. The van der Waals surface area contributed by atoms with Crippen molar-refractivity contribution in [3.05, 3.63) is 75.1 Å². The van der Waals surface area contributed by atoms with E-state index in [1.54, 1.807) is 6.07 Å². The molecule has 4 nitrogen and oxygen atoms in total. The summed E-state index contributed by atoms with van der Waals surface area (Å²) in [7, 11) is 0. The van der Waals surface area contributed by atoms with E-state index in [1.807, 2.05) is 30.3 Å². The van der Waals surface area contributed by atoms with E-state index in [4.69, 9.17) is 20.8 Å². The molecule has 0 aliphatic rings. The molecule has 0 saturated heterocycles. The summed E-state index contributed by atoms with van der Waals surface area (Å²) >= 11 is 6.14. The van der Waals surface area contributed by atoms with Crippen LogP contribution < -0.4 is 10.2 Å². The standard InChI is InChI=1S/C17H11ClO4/c18-14-6-13-15(22-10-12(8-19)17(13)20)7-16(14)21-9-11-4-2-1-3-5-11/h1-8,10H,9H2. The number of carbonyl (C=O) groups excluding carboxylic acids is 1. The van der Waals surface area contributed by atoms with Gasteiger partial charge in [0.15, 0.2) is 6.29 Å². The first-order valence-electron chi connectivity index (χ1n) is 6.56. The highest BCUT2D eigenvalue weighted by atomic mass is 35.5. The van der Waals surface area contributed by atoms with Crippen molar-refractivity contribution in [2.45, 2.75) is 6.61 Å². The maximum atomic E-state index is 12.0. The van der Waals surface area contributed by atoms with Crippen LogP contribution in [0.25, 0.3) is 11.0 Å². The van der Waals surface area contributed by atoms with E-state index in [9.17, 15) is 9.59 Å². The van der Waals surface area contributed by atoms with Gasteiger partial charge in [0.1, 0.15) is 24.2 Å². The van der Waals surface area contributed by atoms with Gasteiger partial charge in [0.25, 0.3) is 0 Å². The molecule has 22 heavy (non-hydrogen) atoms. The van der Waals surface area contributed by atoms with Gasteiger partial charge in [0, 0.05) is 6.07 Å². The number of halogens is 1. The van der Waals surface area contributed by atoms with Crippen molar-refractivity contribution in [3.8, 4) is 5.75 Å². The Morgan fingerprint density at radius 1 is 1.18 bits per heavy atom. The zero-order valence-electron chi connectivity index (χ0n) is 11.4. The molecule has 0 N–H and O–H groups in total. The molecule has 0 fully saturated rings. The summed E-state index contributed by atoms with van der Waals surface area (Å²) in [6.07, 6.45) is 1.59. The van der Waals surface area contributed by atoms with Gasteiger partial charge < -0.3 is 9.15 Å². The number of hydrogen-bond donors (Lipinski definition) is 0. The van der Waals surface area contributed by atoms with Crippen LogP contribution in [0.4, 0.5) is 0 Å². The molecule has 1 heterocycles. The molecule has 0 atom stereocenters. The Labute approximate surface area is 130 Å². The van der Waals surface area contributed by atoms with Gasteiger partial charge in [-0.2, -0.15) is 0 Å². The number of carbonyl (C=O) groups is 1. The lowest BCUT2D eigenvalue weighted by Gasteiger charge is -2.09. The van der Waals surface area contributed by atoms with Gasteiger partial charge in [-0.3, -0.25) is 9.59 Å². The number of hydrogen-bond acceptors (Lipinski definition) is 4. The van der Waals surface area contributed by atoms with E-state index in [1.165, 1.54) is 6.07 Å². The fourth-order valence-corrected chi connectivity index (χ4v) is 2.29. The van der Waals surface area contributed by atoms with E-state index in [2.05, 4.69) is 0 Å². The van der Waals surface area contributed by atoms with Gasteiger partial charge in [0.2, 0.25) is 5.43 Å². The summed E-state index contributed by atoms with van der Waals surface area (Å²) in [6.45, 7) is 0.350. The van der Waals surface area contributed by atoms with Crippen molar-refractivity contribution < 1.29 is 13.9 Å². The van der Waals surface area contributed by atoms with Crippen molar-refractivity contribution >= 4 is 28.9 Å². The second-order valence-corrected chi connectivity index (χ2v) is 5.10. The highest BCUT2D eigenvalue weighted by Crippen LogP contribution is 2.29. The lowest BCUT2D eigenvalue weighted by Crippen LogP contribution is -2.07. The van der Waals surface area contributed by atoms with E-state index in [-0.39, 0.29) is 10.9 Å². The van der Waals surface area contributed by atoms with Crippen LogP contribution in [0.5, 0.6) is 5.75 Å². The highest BCUT2D eigenvalue weighted by molar-refractivity contribution is 6.32. The lowest BCUT2D eigenvalue weighted by atomic mass is 10.2. The first kappa shape index (κ1) is 14.4. The third-order valence-corrected chi connectivity index (χ3v) is 3.51. The molecule has 0 amide bonds. The molecule has 3 rings (SSSR count). The molecule has 0 aliphatic heterocycles. The Bertz CT molecular complexity index is 884. The average molecular weight is 315 g/mol. The summed E-state index contributed by atoms with van der Waals surface area (Å²) in [6, 6.07) is 12.6. The third-order valence-electron chi connectivity index (χ3n) is 3.22. The number of ether oxygens (including phenoxy) is 1. The van der Waals surface area contributed by atoms with Crippen molar-refractivity contribution in [2.24, 2.45) is 0 Å². The fraction of sp³-hybridized carbons (Fsp3) is 0.0588. The monoisotopic (exact) mass is 314 g/mol. The number of fused-ring (bicyclic) bond motifs is 1. The molecule has 0 aliphatic carbocycles. The maximum Gasteiger partial charge on any atom is 0.203 e. The smallest absolute Gasteiger partial charge is 0.203 e. The van der Waals surface area contributed by atoms with Gasteiger partial charge >= 0.3 is 0 Å². The molecule has 110 valence electrons. The molecule has 2 aromatic carbocycles. The summed E-state index contributed by atoms with van der Waals surface area (Å²) < 4.78 is 11.0. The van der Waals surface area contributed by atoms with Gasteiger partial charge in [-0.15, -0.1) is 0 Å². The van der Waals surface area contributed by atoms with Crippen molar-refractivity contribution in [1.82, 2.24) is 0 Å². The molecule has 5 heteroatoms. The predicted octanol–water partition coefficient (Wildman–Crippen LogP) is 3.84. The number of aldehydes is 1. The summed E-state index contributed by atoms with van der Waals surface area (Å²) in [4.78, 5) is 22.8. The second-order valence-electron chi connectivity index (χ2n) is 4.69. The van der Waals surface area contributed by atoms with E-state index in [0.717, 1.165) is 11.8 Å². The Balaban J connectivity index is 1.96. The van der Waals surface area contributed by atoms with Crippen LogP contribution in [-0.2, 0) is 6.61 Å². The van der Waals surface area contributed by atoms with Crippen molar-refractivity contribution in [1.29, 1.82) is 0 Å². The molecule has 0 saturated carbocycles. The van der Waals surface area contributed by atoms with Gasteiger partial charge in [-0.1, -0.05) is 41.9 Å². The molecule has 0 radical (unpaired) electrons. The fourth-order valence-electron chi connectivity index (χ4n) is 2.07. The predicted molar refractivity (Wildman–Crippen MR) is 83.7 cm³/mol. The Kier molecular flexibility index (Phi) is 3.94. The Hall–Kier alpha value is -2.59. The van der Waals surface area contributed by atoms with Crippen LogP contribution >= 0.6 is 11.6 Å². The van der Waals surface area contributed by atoms with Crippen LogP contribution in [0.2, 0.25) is 5.02 Å². The molecular weight excluding hydrogens is 304 g/mol. The first-order chi connectivity index (χ1) is 10.7. The average Bonchev–Trinajstić information content (AvgIpc) is 2.55. The SMILES string of the molecule is O=Cc1coc2cc(OCc3ccccc3)c(Cl)cc2c1=O. The normalized spacial score (nSPS) is 10.6. The van der Waals surface area contributed by atoms with Crippen LogP contribution in [-0.4, -0.2) is 6.29 Å². The highest BCUT2D eigenvalue weighted by Gasteiger charge is 2.11. The minimum Gasteiger partial charge on any atom is -0.487 e. The zero-order valence-corrected chi connectivity index (χ0v) is 12.2. The van der Waals surface area contributed by atoms with E-state index in [0.29, 0.717) is 29.2 Å². The van der Waals surface area contributed by atoms with E-state index >= 15 is 0 Å². The van der Waals surface area contributed by atoms with Gasteiger partial charge in [-0.05, 0) is 11.6 Å². The summed E-state index contributed by atoms with van der Waals surface area (Å²) in [5.74, 6) is 0.417. The minimum atomic E-state index is -0.409. The minimum absolute atomic E-state index is 0.0403. The lowest BCUT2D eigenvalue weighted by molar-refractivity contribution is 0.112. The van der Waals surface area contributed by atoms with Gasteiger partial charge in [-0.25, -0.2) is 0 Å². The Morgan fingerprint density at radius 2 is 1.95 bits per heavy atom. The van der Waals surface area contributed by atoms with Crippen LogP contribution in [0.1, 0.15) is 15.9 Å². The van der Waals surface area contributed by atoms with Crippen LogP contribution in [0.15, 0.2) is 57.9 Å². The molecule has 0 unspecified atom stereocenters. The van der Waals surface area contributed by atoms with Gasteiger partial charge in [0.05, 0.1) is 16.0 Å². The van der Waals surface area contributed by atoms with Crippen molar-refractivity contribution in [2.75, 3.05) is 0 Å². The largest absolute Gasteiger partial charge is 0.487 e. The summed E-state index contributed by atoms with van der Waals surface area (Å²) in [5.41, 5.74) is 0.869. The first-order valence-corrected chi connectivity index (χ1v) is 6.94. The van der Waals surface area contributed by atoms with Crippen molar-refractivity contribution in [3.63, 3.8) is 0 Å². The molecule has 1 aromatic heterocycles. The number of rotatable bonds is 4. The molecule has 0 bridgehead atoms.